The molecule has 0 radical (unpaired) electrons. The molecule has 1 fully saturated rings. The van der Waals surface area contributed by atoms with Crippen LogP contribution in [-0.2, 0) is 11.3 Å². The van der Waals surface area contributed by atoms with Gasteiger partial charge in [0.05, 0.1) is 12.1 Å². The zero-order valence-electron chi connectivity index (χ0n) is 16.3. The van der Waals surface area contributed by atoms with Crippen LogP contribution in [0, 0.1) is 0 Å². The van der Waals surface area contributed by atoms with Gasteiger partial charge >= 0.3 is 0 Å². The lowest BCUT2D eigenvalue weighted by atomic mass is 10.0. The van der Waals surface area contributed by atoms with Gasteiger partial charge in [-0.05, 0) is 53.5 Å². The Morgan fingerprint density at radius 1 is 1.28 bits per heavy atom. The van der Waals surface area contributed by atoms with E-state index < -0.39 is 0 Å². The normalized spacial score (nSPS) is 21.2. The molecule has 0 aliphatic carbocycles. The smallest absolute Gasteiger partial charge is 0.191 e. The monoisotopic (exact) mass is 347 g/mol. The van der Waals surface area contributed by atoms with Crippen LogP contribution in [0.1, 0.15) is 53.0 Å². The minimum atomic E-state index is -0.225. The van der Waals surface area contributed by atoms with E-state index >= 15 is 0 Å². The molecule has 1 aromatic rings. The van der Waals surface area contributed by atoms with E-state index in [1.54, 1.807) is 0 Å². The summed E-state index contributed by atoms with van der Waals surface area (Å²) in [6, 6.07) is 8.09. The highest BCUT2D eigenvalue weighted by molar-refractivity contribution is 5.79. The highest BCUT2D eigenvalue weighted by atomic mass is 16.5. The third-order valence-electron chi connectivity index (χ3n) is 4.07. The first kappa shape index (κ1) is 19.6. The van der Waals surface area contributed by atoms with Crippen molar-refractivity contribution in [2.45, 2.75) is 65.2 Å². The molecule has 1 aliphatic heterocycles. The first-order chi connectivity index (χ1) is 11.8. The predicted molar refractivity (Wildman–Crippen MR) is 103 cm³/mol. The van der Waals surface area contributed by atoms with Crippen LogP contribution in [0.5, 0.6) is 5.75 Å². The maximum absolute atomic E-state index is 6.05. The van der Waals surface area contributed by atoms with E-state index in [9.17, 15) is 0 Å². The Hall–Kier alpha value is -1.75. The van der Waals surface area contributed by atoms with Crippen molar-refractivity contribution in [2.75, 3.05) is 19.7 Å². The van der Waals surface area contributed by atoms with Gasteiger partial charge in [0.15, 0.2) is 5.96 Å². The van der Waals surface area contributed by atoms with Crippen LogP contribution in [0.3, 0.4) is 0 Å². The number of para-hydroxylation sites is 1. The predicted octanol–water partition coefficient (Wildman–Crippen LogP) is 3.49. The molecule has 0 amide bonds. The molecule has 2 rings (SSSR count). The molecule has 2 N–H and O–H groups in total. The first-order valence-electron chi connectivity index (χ1n) is 9.24. The van der Waals surface area contributed by atoms with E-state index in [0.29, 0.717) is 6.54 Å². The second kappa shape index (κ2) is 8.56. The molecule has 140 valence electrons. The maximum Gasteiger partial charge on any atom is 0.191 e. The molecule has 5 nitrogen and oxygen atoms in total. The molecule has 0 spiro atoms. The molecule has 1 saturated heterocycles. The van der Waals surface area contributed by atoms with Gasteiger partial charge in [-0.1, -0.05) is 18.2 Å². The summed E-state index contributed by atoms with van der Waals surface area (Å²) in [4.78, 5) is 4.73. The molecule has 1 aromatic carbocycles. The van der Waals surface area contributed by atoms with E-state index in [2.05, 4.69) is 51.3 Å². The Morgan fingerprint density at radius 2 is 2.04 bits per heavy atom. The standard InChI is InChI=1S/C20H33N3O2/c1-6-21-18(23-15-20(5)12-9-13-24-20)22-14-16-10-7-8-11-17(16)25-19(2,3)4/h7-8,10-11H,6,9,12-15H2,1-5H3,(H2,21,22,23). The summed E-state index contributed by atoms with van der Waals surface area (Å²) < 4.78 is 11.9. The fraction of sp³-hybridized carbons (Fsp3) is 0.650. The molecule has 1 heterocycles. The SMILES string of the molecule is CCNC(=NCc1ccccc1OC(C)(C)C)NCC1(C)CCCO1. The van der Waals surface area contributed by atoms with Gasteiger partial charge in [0.25, 0.3) is 0 Å². The maximum atomic E-state index is 6.05. The van der Waals surface area contributed by atoms with Crippen molar-refractivity contribution in [3.8, 4) is 5.75 Å². The van der Waals surface area contributed by atoms with Crippen molar-refractivity contribution in [1.29, 1.82) is 0 Å². The number of nitrogens with one attached hydrogen (secondary N) is 2. The molecule has 1 aliphatic rings. The van der Waals surface area contributed by atoms with Crippen molar-refractivity contribution in [3.63, 3.8) is 0 Å². The highest BCUT2D eigenvalue weighted by Gasteiger charge is 2.29. The van der Waals surface area contributed by atoms with Crippen LogP contribution in [-0.4, -0.2) is 36.9 Å². The Morgan fingerprint density at radius 3 is 2.68 bits per heavy atom. The third kappa shape index (κ3) is 6.58. The van der Waals surface area contributed by atoms with Crippen molar-refractivity contribution < 1.29 is 9.47 Å². The van der Waals surface area contributed by atoms with Crippen LogP contribution in [0.15, 0.2) is 29.3 Å². The van der Waals surface area contributed by atoms with Crippen LogP contribution < -0.4 is 15.4 Å². The quantitative estimate of drug-likeness (QED) is 0.611. The fourth-order valence-corrected chi connectivity index (χ4v) is 2.82. The van der Waals surface area contributed by atoms with Crippen LogP contribution in [0.4, 0.5) is 0 Å². The van der Waals surface area contributed by atoms with Crippen LogP contribution >= 0.6 is 0 Å². The Kier molecular flexibility index (Phi) is 6.71. The summed E-state index contributed by atoms with van der Waals surface area (Å²) in [5.41, 5.74) is 0.762. The molecule has 5 heteroatoms. The van der Waals surface area contributed by atoms with Crippen molar-refractivity contribution in [3.05, 3.63) is 29.8 Å². The fourth-order valence-electron chi connectivity index (χ4n) is 2.82. The number of aliphatic imine (C=N–C) groups is 1. The molecular weight excluding hydrogens is 314 g/mol. The molecule has 0 aromatic heterocycles. The van der Waals surface area contributed by atoms with Gasteiger partial charge < -0.3 is 20.1 Å². The number of ether oxygens (including phenoxy) is 2. The molecular formula is C20H33N3O2. The van der Waals surface area contributed by atoms with Gasteiger partial charge in [-0.3, -0.25) is 0 Å². The largest absolute Gasteiger partial charge is 0.488 e. The van der Waals surface area contributed by atoms with Gasteiger partial charge in [0.1, 0.15) is 11.4 Å². The van der Waals surface area contributed by atoms with Gasteiger partial charge in [0.2, 0.25) is 0 Å². The third-order valence-corrected chi connectivity index (χ3v) is 4.07. The number of nitrogens with zero attached hydrogens (tertiary/aromatic N) is 1. The van der Waals surface area contributed by atoms with E-state index in [4.69, 9.17) is 14.5 Å². The zero-order chi connectivity index (χ0) is 18.3. The topological polar surface area (TPSA) is 54.9 Å². The minimum absolute atomic E-state index is 0.0938. The number of hydrogen-bond acceptors (Lipinski definition) is 3. The number of guanidine groups is 1. The lowest BCUT2D eigenvalue weighted by Gasteiger charge is -2.25. The number of rotatable bonds is 6. The summed E-state index contributed by atoms with van der Waals surface area (Å²) in [5.74, 6) is 1.70. The molecule has 0 bridgehead atoms. The van der Waals surface area contributed by atoms with E-state index in [-0.39, 0.29) is 11.2 Å². The average Bonchev–Trinajstić information content (AvgIpc) is 2.97. The first-order valence-corrected chi connectivity index (χ1v) is 9.24. The van der Waals surface area contributed by atoms with E-state index in [1.165, 1.54) is 0 Å². The minimum Gasteiger partial charge on any atom is -0.488 e. The second-order valence-electron chi connectivity index (χ2n) is 7.77. The van der Waals surface area contributed by atoms with Gasteiger partial charge in [-0.15, -0.1) is 0 Å². The summed E-state index contributed by atoms with van der Waals surface area (Å²) >= 11 is 0. The Labute approximate surface area is 152 Å². The average molecular weight is 348 g/mol. The van der Waals surface area contributed by atoms with Crippen LogP contribution in [0.25, 0.3) is 0 Å². The molecule has 25 heavy (non-hydrogen) atoms. The van der Waals surface area contributed by atoms with Crippen LogP contribution in [0.2, 0.25) is 0 Å². The summed E-state index contributed by atoms with van der Waals surface area (Å²) in [5, 5.41) is 6.72. The van der Waals surface area contributed by atoms with E-state index in [0.717, 1.165) is 49.8 Å². The lowest BCUT2D eigenvalue weighted by Crippen LogP contribution is -2.45. The van der Waals surface area contributed by atoms with E-state index in [1.807, 2.05) is 18.2 Å². The molecule has 1 unspecified atom stereocenters. The van der Waals surface area contributed by atoms with Gasteiger partial charge in [-0.2, -0.15) is 0 Å². The van der Waals surface area contributed by atoms with Crippen molar-refractivity contribution >= 4 is 5.96 Å². The molecule has 0 saturated carbocycles. The summed E-state index contributed by atoms with van der Waals surface area (Å²) in [6.45, 7) is 13.4. The van der Waals surface area contributed by atoms with Gasteiger partial charge in [0, 0.05) is 25.3 Å². The number of benzene rings is 1. The number of hydrogen-bond donors (Lipinski definition) is 2. The Bertz CT molecular complexity index is 573. The summed E-state index contributed by atoms with van der Waals surface area (Å²) in [6.07, 6.45) is 2.21. The molecule has 1 atom stereocenters. The van der Waals surface area contributed by atoms with Crippen molar-refractivity contribution in [2.24, 2.45) is 4.99 Å². The van der Waals surface area contributed by atoms with Crippen molar-refractivity contribution in [1.82, 2.24) is 10.6 Å². The lowest BCUT2D eigenvalue weighted by molar-refractivity contribution is 0.0242. The summed E-state index contributed by atoms with van der Waals surface area (Å²) in [7, 11) is 0. The van der Waals surface area contributed by atoms with Gasteiger partial charge in [-0.25, -0.2) is 4.99 Å². The second-order valence-corrected chi connectivity index (χ2v) is 7.77. The highest BCUT2D eigenvalue weighted by Crippen LogP contribution is 2.25. The Balaban J connectivity index is 2.03. The zero-order valence-corrected chi connectivity index (χ0v) is 16.3.